The molecule has 0 atom stereocenters. The first-order valence-electron chi connectivity index (χ1n) is 6.61. The standard InChI is InChI=1S/C14H15ClFN5O/c15-11-8-10(2-3-12(11)16)9-21-14(22)20-7-6-19-13-17-4-1-5-18-13/h1-5,8H,6-7,9H2,(H,17,18,19)(H2,20,21,22). The molecule has 1 aromatic carbocycles. The van der Waals surface area contributed by atoms with Crippen molar-refractivity contribution in [3.8, 4) is 0 Å². The predicted octanol–water partition coefficient (Wildman–Crippen LogP) is 2.18. The van der Waals surface area contributed by atoms with E-state index < -0.39 is 5.82 Å². The summed E-state index contributed by atoms with van der Waals surface area (Å²) < 4.78 is 13.0. The number of urea groups is 1. The predicted molar refractivity (Wildman–Crippen MR) is 82.2 cm³/mol. The molecule has 116 valence electrons. The Morgan fingerprint density at radius 3 is 2.68 bits per heavy atom. The van der Waals surface area contributed by atoms with Gasteiger partial charge in [0, 0.05) is 32.0 Å². The highest BCUT2D eigenvalue weighted by Crippen LogP contribution is 2.15. The third-order valence-electron chi connectivity index (χ3n) is 2.70. The van der Waals surface area contributed by atoms with E-state index in [1.165, 1.54) is 12.1 Å². The smallest absolute Gasteiger partial charge is 0.315 e. The van der Waals surface area contributed by atoms with Crippen molar-refractivity contribution in [3.63, 3.8) is 0 Å². The number of benzene rings is 1. The van der Waals surface area contributed by atoms with Gasteiger partial charge in [-0.15, -0.1) is 0 Å². The van der Waals surface area contributed by atoms with Crippen LogP contribution in [0, 0.1) is 5.82 Å². The molecule has 0 bridgehead atoms. The van der Waals surface area contributed by atoms with Crippen LogP contribution in [0.3, 0.4) is 0 Å². The molecule has 22 heavy (non-hydrogen) atoms. The van der Waals surface area contributed by atoms with E-state index in [-0.39, 0.29) is 17.6 Å². The molecule has 1 aromatic heterocycles. The summed E-state index contributed by atoms with van der Waals surface area (Å²) in [5.74, 6) is 0.0229. The quantitative estimate of drug-likeness (QED) is 0.712. The summed E-state index contributed by atoms with van der Waals surface area (Å²) >= 11 is 5.67. The van der Waals surface area contributed by atoms with Crippen molar-refractivity contribution in [1.29, 1.82) is 0 Å². The van der Waals surface area contributed by atoms with E-state index in [0.29, 0.717) is 19.0 Å². The van der Waals surface area contributed by atoms with Gasteiger partial charge in [-0.05, 0) is 23.8 Å². The fraction of sp³-hybridized carbons (Fsp3) is 0.214. The number of halogens is 2. The van der Waals surface area contributed by atoms with Gasteiger partial charge >= 0.3 is 6.03 Å². The Bertz CT molecular complexity index is 626. The molecule has 2 rings (SSSR count). The second-order valence-corrected chi connectivity index (χ2v) is 4.76. The van der Waals surface area contributed by atoms with Crippen molar-refractivity contribution in [2.24, 2.45) is 0 Å². The van der Waals surface area contributed by atoms with Crippen molar-refractivity contribution in [1.82, 2.24) is 20.6 Å². The van der Waals surface area contributed by atoms with Crippen molar-refractivity contribution in [3.05, 3.63) is 53.1 Å². The maximum absolute atomic E-state index is 13.0. The average molecular weight is 324 g/mol. The van der Waals surface area contributed by atoms with Crippen LogP contribution in [-0.4, -0.2) is 29.1 Å². The summed E-state index contributed by atoms with van der Waals surface area (Å²) in [5.41, 5.74) is 0.720. The number of nitrogens with one attached hydrogen (secondary N) is 3. The lowest BCUT2D eigenvalue weighted by Gasteiger charge is -2.09. The molecule has 6 nitrogen and oxygen atoms in total. The number of amides is 2. The molecular formula is C14H15ClFN5O. The normalized spacial score (nSPS) is 10.1. The number of rotatable bonds is 6. The lowest BCUT2D eigenvalue weighted by molar-refractivity contribution is 0.241. The van der Waals surface area contributed by atoms with E-state index in [4.69, 9.17) is 11.6 Å². The highest BCUT2D eigenvalue weighted by Gasteiger charge is 2.03. The molecule has 0 saturated heterocycles. The third-order valence-corrected chi connectivity index (χ3v) is 2.99. The van der Waals surface area contributed by atoms with E-state index in [1.807, 2.05) is 0 Å². The van der Waals surface area contributed by atoms with Crippen LogP contribution in [0.25, 0.3) is 0 Å². The Hall–Kier alpha value is -2.41. The van der Waals surface area contributed by atoms with Gasteiger partial charge in [0.2, 0.25) is 5.95 Å². The van der Waals surface area contributed by atoms with Crippen LogP contribution in [0.4, 0.5) is 15.1 Å². The minimum atomic E-state index is -0.482. The first-order valence-corrected chi connectivity index (χ1v) is 6.99. The molecule has 0 fully saturated rings. The largest absolute Gasteiger partial charge is 0.352 e. The average Bonchev–Trinajstić information content (AvgIpc) is 2.54. The Labute approximate surface area is 132 Å². The van der Waals surface area contributed by atoms with E-state index in [1.54, 1.807) is 24.5 Å². The first kappa shape index (κ1) is 16.0. The Morgan fingerprint density at radius 1 is 1.18 bits per heavy atom. The lowest BCUT2D eigenvalue weighted by Crippen LogP contribution is -2.37. The molecule has 1 heterocycles. The molecule has 0 saturated carbocycles. The van der Waals surface area contributed by atoms with Crippen LogP contribution in [0.2, 0.25) is 5.02 Å². The molecule has 0 aliphatic rings. The minimum Gasteiger partial charge on any atom is -0.352 e. The number of hydrogen-bond donors (Lipinski definition) is 3. The zero-order valence-electron chi connectivity index (χ0n) is 11.6. The molecule has 0 aliphatic heterocycles. The van der Waals surface area contributed by atoms with E-state index >= 15 is 0 Å². The van der Waals surface area contributed by atoms with Crippen molar-refractivity contribution >= 4 is 23.6 Å². The molecular weight excluding hydrogens is 309 g/mol. The number of carbonyl (C=O) groups excluding carboxylic acids is 1. The highest BCUT2D eigenvalue weighted by atomic mass is 35.5. The molecule has 2 amide bonds. The van der Waals surface area contributed by atoms with E-state index in [2.05, 4.69) is 25.9 Å². The first-order chi connectivity index (χ1) is 10.6. The van der Waals surface area contributed by atoms with Gasteiger partial charge in [-0.1, -0.05) is 17.7 Å². The SMILES string of the molecule is O=C(NCCNc1ncccn1)NCc1ccc(F)c(Cl)c1. The fourth-order valence-electron chi connectivity index (χ4n) is 1.64. The molecule has 8 heteroatoms. The second kappa shape index (κ2) is 8.14. The highest BCUT2D eigenvalue weighted by molar-refractivity contribution is 6.30. The van der Waals surface area contributed by atoms with Crippen LogP contribution >= 0.6 is 11.6 Å². The molecule has 2 aromatic rings. The summed E-state index contributed by atoms with van der Waals surface area (Å²) in [5, 5.41) is 8.33. The number of aromatic nitrogens is 2. The minimum absolute atomic E-state index is 0.0340. The van der Waals surface area contributed by atoms with Gasteiger partial charge in [0.05, 0.1) is 5.02 Å². The summed E-state index contributed by atoms with van der Waals surface area (Å²) in [6.07, 6.45) is 3.26. The van der Waals surface area contributed by atoms with Crippen LogP contribution in [0.5, 0.6) is 0 Å². The van der Waals surface area contributed by atoms with Gasteiger partial charge in [-0.25, -0.2) is 19.2 Å². The molecule has 3 N–H and O–H groups in total. The second-order valence-electron chi connectivity index (χ2n) is 4.36. The fourth-order valence-corrected chi connectivity index (χ4v) is 1.84. The lowest BCUT2D eigenvalue weighted by atomic mass is 10.2. The van der Waals surface area contributed by atoms with Gasteiger partial charge in [0.1, 0.15) is 5.82 Å². The Balaban J connectivity index is 1.64. The summed E-state index contributed by atoms with van der Waals surface area (Å²) in [7, 11) is 0. The number of hydrogen-bond acceptors (Lipinski definition) is 4. The van der Waals surface area contributed by atoms with Crippen molar-refractivity contribution in [2.45, 2.75) is 6.54 Å². The molecule has 0 unspecified atom stereocenters. The zero-order chi connectivity index (χ0) is 15.8. The van der Waals surface area contributed by atoms with Crippen LogP contribution in [0.15, 0.2) is 36.7 Å². The van der Waals surface area contributed by atoms with E-state index in [9.17, 15) is 9.18 Å². The molecule has 0 spiro atoms. The Morgan fingerprint density at radius 2 is 1.95 bits per heavy atom. The van der Waals surface area contributed by atoms with Gasteiger partial charge in [-0.2, -0.15) is 0 Å². The monoisotopic (exact) mass is 323 g/mol. The van der Waals surface area contributed by atoms with Gasteiger partial charge < -0.3 is 16.0 Å². The maximum Gasteiger partial charge on any atom is 0.315 e. The summed E-state index contributed by atoms with van der Waals surface area (Å²) in [6.45, 7) is 1.18. The Kier molecular flexibility index (Phi) is 5.91. The van der Waals surface area contributed by atoms with Crippen LogP contribution < -0.4 is 16.0 Å². The molecule has 0 radical (unpaired) electrons. The van der Waals surface area contributed by atoms with Crippen LogP contribution in [-0.2, 0) is 6.54 Å². The van der Waals surface area contributed by atoms with Gasteiger partial charge in [0.15, 0.2) is 0 Å². The number of carbonyl (C=O) groups is 1. The maximum atomic E-state index is 13.0. The zero-order valence-corrected chi connectivity index (χ0v) is 12.4. The van der Waals surface area contributed by atoms with Crippen molar-refractivity contribution < 1.29 is 9.18 Å². The van der Waals surface area contributed by atoms with Gasteiger partial charge in [0.25, 0.3) is 0 Å². The molecule has 0 aliphatic carbocycles. The van der Waals surface area contributed by atoms with E-state index in [0.717, 1.165) is 5.56 Å². The van der Waals surface area contributed by atoms with Gasteiger partial charge in [-0.3, -0.25) is 0 Å². The summed E-state index contributed by atoms with van der Waals surface area (Å²) in [6, 6.07) is 5.71. The van der Waals surface area contributed by atoms with Crippen molar-refractivity contribution in [2.75, 3.05) is 18.4 Å². The van der Waals surface area contributed by atoms with Crippen LogP contribution in [0.1, 0.15) is 5.56 Å². The topological polar surface area (TPSA) is 78.9 Å². The summed E-state index contributed by atoms with van der Waals surface area (Å²) in [4.78, 5) is 19.6. The third kappa shape index (κ3) is 5.17. The number of anilines is 1. The number of nitrogens with zero attached hydrogens (tertiary/aromatic N) is 2.